The zero-order valence-electron chi connectivity index (χ0n) is 26.4. The van der Waals surface area contributed by atoms with Crippen LogP contribution in [0.15, 0.2) is 135 Å². The average Bonchev–Trinajstić information content (AvgIpc) is 3.12. The van der Waals surface area contributed by atoms with Gasteiger partial charge in [-0.3, -0.25) is 14.2 Å². The topological polar surface area (TPSA) is 119 Å². The molecule has 256 valence electrons. The molecule has 2 N–H and O–H groups in total. The molecule has 0 aliphatic heterocycles. The van der Waals surface area contributed by atoms with E-state index in [2.05, 4.69) is 25.0 Å². The summed E-state index contributed by atoms with van der Waals surface area (Å²) >= 11 is 7.21. The van der Waals surface area contributed by atoms with Crippen molar-refractivity contribution in [2.24, 2.45) is 0 Å². The van der Waals surface area contributed by atoms with Gasteiger partial charge in [0.05, 0.1) is 32.9 Å². The summed E-state index contributed by atoms with van der Waals surface area (Å²) in [5.74, 6) is -0.144. The average molecular weight is 728 g/mol. The number of rotatable bonds is 8. The number of nitrogens with zero attached hydrogens (tertiary/aromatic N) is 3. The number of hydrogen-bond acceptors (Lipinski definition) is 7. The van der Waals surface area contributed by atoms with Gasteiger partial charge in [-0.25, -0.2) is 14.2 Å². The van der Waals surface area contributed by atoms with Crippen LogP contribution in [0.2, 0.25) is 5.02 Å². The summed E-state index contributed by atoms with van der Waals surface area (Å²) in [7, 11) is -1.70. The summed E-state index contributed by atoms with van der Waals surface area (Å²) < 4.78 is 56.4. The third kappa shape index (κ3) is 6.60. The van der Waals surface area contributed by atoms with Gasteiger partial charge in [0.1, 0.15) is 28.9 Å². The van der Waals surface area contributed by atoms with Crippen molar-refractivity contribution < 1.29 is 22.1 Å². The van der Waals surface area contributed by atoms with Crippen LogP contribution in [-0.2, 0) is 10.8 Å². The molecule has 14 heteroatoms. The lowest BCUT2D eigenvalue weighted by atomic mass is 9.97. The van der Waals surface area contributed by atoms with Crippen molar-refractivity contribution in [3.63, 3.8) is 0 Å². The van der Waals surface area contributed by atoms with E-state index < -0.39 is 29.0 Å². The van der Waals surface area contributed by atoms with Crippen LogP contribution in [0.5, 0.6) is 5.75 Å². The highest BCUT2D eigenvalue weighted by Crippen LogP contribution is 2.37. The van der Waals surface area contributed by atoms with Crippen LogP contribution in [0.25, 0.3) is 38.6 Å². The van der Waals surface area contributed by atoms with Crippen LogP contribution in [0.4, 0.5) is 19.0 Å². The number of hydrogen-bond donors (Lipinski definition) is 2. The summed E-state index contributed by atoms with van der Waals surface area (Å²) in [5, 5.41) is 4.68. The fraction of sp³-hybridized carbons (Fsp3) is 0.0811. The van der Waals surface area contributed by atoms with E-state index in [1.165, 1.54) is 35.3 Å². The Morgan fingerprint density at radius 3 is 2.24 bits per heavy atom. The summed E-state index contributed by atoms with van der Waals surface area (Å²) in [6.07, 6.45) is -2.00. The van der Waals surface area contributed by atoms with Gasteiger partial charge in [-0.1, -0.05) is 60.1 Å². The number of aromatic amines is 1. The van der Waals surface area contributed by atoms with Gasteiger partial charge in [-0.2, -0.15) is 0 Å². The molecule has 7 aromatic rings. The molecule has 0 saturated carbocycles. The summed E-state index contributed by atoms with van der Waals surface area (Å²) in [6.45, 7) is 1.82. The number of ether oxygens (including phenoxy) is 1. The number of aromatic nitrogens is 4. The maximum Gasteiger partial charge on any atom is 0.573 e. The second-order valence-corrected chi connectivity index (χ2v) is 13.2. The molecular weight excluding hydrogens is 703 g/mol. The van der Waals surface area contributed by atoms with Gasteiger partial charge in [-0.05, 0) is 66.6 Å². The van der Waals surface area contributed by atoms with Gasteiger partial charge in [-0.15, -0.1) is 13.2 Å². The summed E-state index contributed by atoms with van der Waals surface area (Å²) in [6, 6.07) is 26.7. The van der Waals surface area contributed by atoms with Gasteiger partial charge in [0.15, 0.2) is 5.43 Å². The largest absolute Gasteiger partial charge is 0.573 e. The molecule has 0 amide bonds. The molecule has 0 aliphatic rings. The maximum atomic E-state index is 14.7. The number of fused-ring (bicyclic) bond motifs is 2. The van der Waals surface area contributed by atoms with Crippen molar-refractivity contribution in [3.8, 4) is 22.6 Å². The Kier molecular flexibility index (Phi) is 8.92. The van der Waals surface area contributed by atoms with Crippen LogP contribution < -0.4 is 21.0 Å². The van der Waals surface area contributed by atoms with Crippen molar-refractivity contribution in [1.82, 2.24) is 19.5 Å². The minimum Gasteiger partial charge on any atom is -0.406 e. The minimum atomic E-state index is -4.84. The first kappa shape index (κ1) is 33.7. The van der Waals surface area contributed by atoms with Crippen LogP contribution >= 0.6 is 11.6 Å². The lowest BCUT2D eigenvalue weighted by Gasteiger charge is -2.24. The van der Waals surface area contributed by atoms with Crippen molar-refractivity contribution >= 4 is 50.0 Å². The lowest BCUT2D eigenvalue weighted by molar-refractivity contribution is -0.274. The molecule has 4 aromatic carbocycles. The summed E-state index contributed by atoms with van der Waals surface area (Å²) in [4.78, 5) is 39.6. The Labute approximate surface area is 294 Å². The molecule has 0 spiro atoms. The Morgan fingerprint density at radius 2 is 1.55 bits per heavy atom. The quantitative estimate of drug-likeness (QED) is 0.162. The van der Waals surface area contributed by atoms with Gasteiger partial charge >= 0.3 is 6.36 Å². The van der Waals surface area contributed by atoms with Crippen molar-refractivity contribution in [2.75, 3.05) is 5.32 Å². The molecular formula is C37H25ClF3N5O4S. The number of benzene rings is 4. The number of alkyl halides is 3. The van der Waals surface area contributed by atoms with Crippen LogP contribution in [0.3, 0.4) is 0 Å². The maximum absolute atomic E-state index is 14.7. The number of anilines is 1. The highest BCUT2D eigenvalue weighted by Gasteiger charge is 2.31. The van der Waals surface area contributed by atoms with E-state index in [-0.39, 0.29) is 27.1 Å². The zero-order chi connectivity index (χ0) is 35.9. The lowest BCUT2D eigenvalue weighted by Crippen LogP contribution is -2.27. The molecule has 0 aliphatic carbocycles. The second kappa shape index (κ2) is 13.5. The fourth-order valence-corrected chi connectivity index (χ4v) is 7.38. The Hall–Kier alpha value is -5.79. The van der Waals surface area contributed by atoms with E-state index in [9.17, 15) is 27.0 Å². The van der Waals surface area contributed by atoms with Gasteiger partial charge in [0, 0.05) is 33.1 Å². The summed E-state index contributed by atoms with van der Waals surface area (Å²) in [5.41, 5.74) is 1.95. The van der Waals surface area contributed by atoms with E-state index in [1.807, 2.05) is 13.0 Å². The van der Waals surface area contributed by atoms with Gasteiger partial charge < -0.3 is 15.0 Å². The SMILES string of the molecule is C[C@H](Nc1ncnc2[nH]ccc(=O)c12)c1c(Cl)c2cccc(-c3ccc(S(=O)c4ccc(OC(F)(F)F)cc4)cc3)c2c(=O)n1-c1ccccc1. The van der Waals surface area contributed by atoms with E-state index in [0.29, 0.717) is 48.8 Å². The van der Waals surface area contributed by atoms with E-state index in [0.717, 1.165) is 12.1 Å². The molecule has 0 saturated heterocycles. The molecule has 51 heavy (non-hydrogen) atoms. The van der Waals surface area contributed by atoms with Crippen molar-refractivity contribution in [2.45, 2.75) is 29.1 Å². The number of pyridine rings is 2. The van der Waals surface area contributed by atoms with E-state index >= 15 is 0 Å². The van der Waals surface area contributed by atoms with E-state index in [4.69, 9.17) is 11.6 Å². The molecule has 0 bridgehead atoms. The Bertz CT molecular complexity index is 2560. The number of para-hydroxylation sites is 1. The normalized spacial score (nSPS) is 12.9. The number of H-pyrrole nitrogens is 1. The standard InChI is InChI=1S/C37H25ClF3N5O4S/c1-21(45-35-31-29(47)18-19-42-34(31)43-20-44-35)33-32(38)28-9-5-8-27(30(28)36(48)46(33)23-6-3-2-4-7-23)22-10-14-25(15-11-22)51(49)26-16-12-24(13-17-26)50-37(39,40)41/h2-21H,1H3,(H2,42,43,44,45,47)/t21-,51?/m0/s1. The van der Waals surface area contributed by atoms with Crippen molar-refractivity contribution in [3.05, 3.63) is 147 Å². The first-order valence-electron chi connectivity index (χ1n) is 15.4. The first-order chi connectivity index (χ1) is 24.5. The van der Waals surface area contributed by atoms with E-state index in [1.54, 1.807) is 66.7 Å². The van der Waals surface area contributed by atoms with Crippen LogP contribution in [-0.4, -0.2) is 30.1 Å². The van der Waals surface area contributed by atoms with Gasteiger partial charge in [0.25, 0.3) is 5.56 Å². The highest BCUT2D eigenvalue weighted by atomic mass is 35.5. The molecule has 3 aromatic heterocycles. The molecule has 0 radical (unpaired) electrons. The third-order valence-electron chi connectivity index (χ3n) is 8.16. The zero-order valence-corrected chi connectivity index (χ0v) is 28.0. The predicted octanol–water partition coefficient (Wildman–Crippen LogP) is 8.18. The minimum absolute atomic E-state index is 0.261. The number of halogens is 4. The molecule has 2 atom stereocenters. The number of nitrogens with one attached hydrogen (secondary N) is 2. The van der Waals surface area contributed by atoms with Crippen LogP contribution in [0.1, 0.15) is 18.7 Å². The van der Waals surface area contributed by atoms with Gasteiger partial charge in [0.2, 0.25) is 0 Å². The Balaban J connectivity index is 1.31. The van der Waals surface area contributed by atoms with Crippen molar-refractivity contribution in [1.29, 1.82) is 0 Å². The molecule has 9 nitrogen and oxygen atoms in total. The highest BCUT2D eigenvalue weighted by molar-refractivity contribution is 7.85. The fourth-order valence-electron chi connectivity index (χ4n) is 5.93. The second-order valence-electron chi connectivity index (χ2n) is 11.4. The molecule has 7 rings (SSSR count). The van der Waals surface area contributed by atoms with Crippen LogP contribution in [0, 0.1) is 0 Å². The third-order valence-corrected chi connectivity index (χ3v) is 9.96. The monoisotopic (exact) mass is 727 g/mol. The molecule has 1 unspecified atom stereocenters. The molecule has 0 fully saturated rings. The smallest absolute Gasteiger partial charge is 0.406 e. The first-order valence-corrected chi connectivity index (χ1v) is 16.9. The molecule has 3 heterocycles. The predicted molar refractivity (Wildman–Crippen MR) is 190 cm³/mol. The Morgan fingerprint density at radius 1 is 0.863 bits per heavy atom.